The number of Topliss-reactive ketones (excluding diaryl/α,β-unsaturated/α-hetero) is 1. The van der Waals surface area contributed by atoms with Gasteiger partial charge in [0.05, 0.1) is 6.54 Å². The van der Waals surface area contributed by atoms with Gasteiger partial charge in [-0.3, -0.25) is 4.79 Å². The van der Waals surface area contributed by atoms with Gasteiger partial charge in [0.2, 0.25) is 0 Å². The Hall–Kier alpha value is -1.39. The topological polar surface area (TPSA) is 52.6 Å². The van der Waals surface area contributed by atoms with Gasteiger partial charge < -0.3 is 15.3 Å². The summed E-state index contributed by atoms with van der Waals surface area (Å²) in [4.78, 5) is 13.6. The third kappa shape index (κ3) is 3.32. The van der Waals surface area contributed by atoms with Gasteiger partial charge in [-0.1, -0.05) is 0 Å². The van der Waals surface area contributed by atoms with Crippen molar-refractivity contribution in [1.29, 1.82) is 0 Å². The molecule has 0 unspecified atom stereocenters. The van der Waals surface area contributed by atoms with Gasteiger partial charge in [-0.15, -0.1) is 0 Å². The number of aromatic hydroxyl groups is 1. The highest BCUT2D eigenvalue weighted by molar-refractivity contribution is 5.97. The highest BCUT2D eigenvalue weighted by Crippen LogP contribution is 2.19. The van der Waals surface area contributed by atoms with Crippen LogP contribution in [-0.4, -0.2) is 43.5 Å². The van der Waals surface area contributed by atoms with E-state index < -0.39 is 0 Å². The molecule has 0 saturated heterocycles. The van der Waals surface area contributed by atoms with Gasteiger partial charge in [-0.2, -0.15) is 0 Å². The first kappa shape index (κ1) is 12.7. The Morgan fingerprint density at radius 3 is 2.69 bits per heavy atom. The fourth-order valence-electron chi connectivity index (χ4n) is 1.49. The number of carbonyl (C=O) groups is 1. The van der Waals surface area contributed by atoms with Crippen LogP contribution >= 0.6 is 0 Å². The monoisotopic (exact) mass is 222 g/mol. The maximum Gasteiger partial charge on any atom is 0.176 e. The number of rotatable bonds is 5. The summed E-state index contributed by atoms with van der Waals surface area (Å²) in [6, 6.07) is 4.96. The van der Waals surface area contributed by atoms with Crippen LogP contribution in [0.5, 0.6) is 5.75 Å². The molecule has 0 spiro atoms. The van der Waals surface area contributed by atoms with Crippen molar-refractivity contribution >= 4 is 5.78 Å². The van der Waals surface area contributed by atoms with Crippen LogP contribution in [0, 0.1) is 0 Å². The standard InChI is InChI=1S/C12H18N2O2/c1-13-7-12(16)9-4-5-11(15)10(6-9)8-14(2)3/h4-6,13,15H,7-8H2,1-3H3. The normalized spacial score (nSPS) is 10.8. The highest BCUT2D eigenvalue weighted by atomic mass is 16.3. The lowest BCUT2D eigenvalue weighted by Gasteiger charge is -2.12. The molecular formula is C12H18N2O2. The summed E-state index contributed by atoms with van der Waals surface area (Å²) in [5, 5.41) is 12.5. The van der Waals surface area contributed by atoms with E-state index in [1.165, 1.54) is 0 Å². The van der Waals surface area contributed by atoms with E-state index in [0.717, 1.165) is 5.56 Å². The molecule has 0 aliphatic rings. The molecule has 1 aromatic carbocycles. The fourth-order valence-corrected chi connectivity index (χ4v) is 1.49. The Balaban J connectivity index is 2.93. The third-order valence-corrected chi connectivity index (χ3v) is 2.23. The molecule has 2 N–H and O–H groups in total. The first-order valence-electron chi connectivity index (χ1n) is 5.19. The Morgan fingerprint density at radius 1 is 1.44 bits per heavy atom. The van der Waals surface area contributed by atoms with E-state index in [1.807, 2.05) is 19.0 Å². The van der Waals surface area contributed by atoms with Crippen LogP contribution in [0.3, 0.4) is 0 Å². The third-order valence-electron chi connectivity index (χ3n) is 2.23. The highest BCUT2D eigenvalue weighted by Gasteiger charge is 2.09. The molecule has 1 rings (SSSR count). The van der Waals surface area contributed by atoms with Crippen molar-refractivity contribution in [2.24, 2.45) is 0 Å². The molecule has 0 saturated carbocycles. The summed E-state index contributed by atoms with van der Waals surface area (Å²) in [5.74, 6) is 0.261. The van der Waals surface area contributed by atoms with Crippen molar-refractivity contribution in [2.45, 2.75) is 6.54 Å². The number of phenolic OH excluding ortho intramolecular Hbond substituents is 1. The molecule has 0 fully saturated rings. The minimum atomic E-state index is 0.0301. The number of hydrogen-bond donors (Lipinski definition) is 2. The number of phenols is 1. The second-order valence-corrected chi connectivity index (χ2v) is 4.03. The molecule has 0 atom stereocenters. The molecule has 88 valence electrons. The first-order valence-corrected chi connectivity index (χ1v) is 5.19. The van der Waals surface area contributed by atoms with Gasteiger partial charge in [-0.05, 0) is 39.3 Å². The Kier molecular flexibility index (Phi) is 4.46. The smallest absolute Gasteiger partial charge is 0.176 e. The van der Waals surface area contributed by atoms with Crippen LogP contribution in [0.2, 0.25) is 0 Å². The average molecular weight is 222 g/mol. The SMILES string of the molecule is CNCC(=O)c1ccc(O)c(CN(C)C)c1. The molecule has 0 amide bonds. The van der Waals surface area contributed by atoms with E-state index in [9.17, 15) is 9.90 Å². The summed E-state index contributed by atoms with van der Waals surface area (Å²) in [7, 11) is 5.57. The van der Waals surface area contributed by atoms with E-state index in [1.54, 1.807) is 25.2 Å². The molecule has 0 bridgehead atoms. The molecular weight excluding hydrogens is 204 g/mol. The minimum absolute atomic E-state index is 0.0301. The summed E-state index contributed by atoms with van der Waals surface area (Å²) >= 11 is 0. The molecule has 16 heavy (non-hydrogen) atoms. The zero-order valence-corrected chi connectivity index (χ0v) is 9.95. The lowest BCUT2D eigenvalue weighted by Crippen LogP contribution is -2.19. The van der Waals surface area contributed by atoms with Crippen LogP contribution in [0.1, 0.15) is 15.9 Å². The van der Waals surface area contributed by atoms with Gasteiger partial charge in [0.15, 0.2) is 5.78 Å². The Labute approximate surface area is 95.9 Å². The zero-order chi connectivity index (χ0) is 12.1. The van der Waals surface area contributed by atoms with Crippen molar-refractivity contribution < 1.29 is 9.90 Å². The molecule has 1 aromatic rings. The Morgan fingerprint density at radius 2 is 2.12 bits per heavy atom. The second-order valence-electron chi connectivity index (χ2n) is 4.03. The number of carbonyl (C=O) groups excluding carboxylic acids is 1. The summed E-state index contributed by atoms with van der Waals surface area (Å²) < 4.78 is 0. The predicted octanol–water partition coefficient (Wildman–Crippen LogP) is 0.856. The van der Waals surface area contributed by atoms with Crippen molar-refractivity contribution in [3.8, 4) is 5.75 Å². The van der Waals surface area contributed by atoms with E-state index in [0.29, 0.717) is 18.7 Å². The number of hydrogen-bond acceptors (Lipinski definition) is 4. The quantitative estimate of drug-likeness (QED) is 0.725. The number of ketones is 1. The van der Waals surface area contributed by atoms with Crippen molar-refractivity contribution in [3.63, 3.8) is 0 Å². The summed E-state index contributed by atoms with van der Waals surface area (Å²) in [6.07, 6.45) is 0. The molecule has 0 aliphatic carbocycles. The number of nitrogens with zero attached hydrogens (tertiary/aromatic N) is 1. The lowest BCUT2D eigenvalue weighted by atomic mass is 10.1. The first-order chi connectivity index (χ1) is 7.54. The lowest BCUT2D eigenvalue weighted by molar-refractivity contribution is 0.0993. The number of nitrogens with one attached hydrogen (secondary N) is 1. The van der Waals surface area contributed by atoms with Gasteiger partial charge >= 0.3 is 0 Å². The van der Waals surface area contributed by atoms with Gasteiger partial charge in [0.1, 0.15) is 5.75 Å². The van der Waals surface area contributed by atoms with Crippen LogP contribution in [-0.2, 0) is 6.54 Å². The van der Waals surface area contributed by atoms with Crippen molar-refractivity contribution in [3.05, 3.63) is 29.3 Å². The van der Waals surface area contributed by atoms with Crippen molar-refractivity contribution in [2.75, 3.05) is 27.7 Å². The Bertz CT molecular complexity index is 375. The largest absolute Gasteiger partial charge is 0.508 e. The molecule has 0 radical (unpaired) electrons. The zero-order valence-electron chi connectivity index (χ0n) is 9.95. The van der Waals surface area contributed by atoms with Gasteiger partial charge in [0, 0.05) is 17.7 Å². The fraction of sp³-hybridized carbons (Fsp3) is 0.417. The number of likely N-dealkylation sites (N-methyl/N-ethyl adjacent to an activating group) is 1. The minimum Gasteiger partial charge on any atom is -0.508 e. The maximum atomic E-state index is 11.6. The van der Waals surface area contributed by atoms with E-state index in [2.05, 4.69) is 5.32 Å². The van der Waals surface area contributed by atoms with Gasteiger partial charge in [0.25, 0.3) is 0 Å². The molecule has 4 nitrogen and oxygen atoms in total. The van der Waals surface area contributed by atoms with E-state index in [4.69, 9.17) is 0 Å². The second kappa shape index (κ2) is 5.63. The van der Waals surface area contributed by atoms with Crippen LogP contribution < -0.4 is 5.32 Å². The van der Waals surface area contributed by atoms with Crippen LogP contribution in [0.4, 0.5) is 0 Å². The molecule has 0 heterocycles. The molecule has 0 aromatic heterocycles. The number of benzene rings is 1. The maximum absolute atomic E-state index is 11.6. The predicted molar refractivity (Wildman–Crippen MR) is 63.8 cm³/mol. The van der Waals surface area contributed by atoms with E-state index >= 15 is 0 Å². The van der Waals surface area contributed by atoms with Crippen LogP contribution in [0.15, 0.2) is 18.2 Å². The van der Waals surface area contributed by atoms with Crippen LogP contribution in [0.25, 0.3) is 0 Å². The summed E-state index contributed by atoms with van der Waals surface area (Å²) in [6.45, 7) is 0.929. The molecule has 0 aliphatic heterocycles. The van der Waals surface area contributed by atoms with Gasteiger partial charge in [-0.25, -0.2) is 0 Å². The van der Waals surface area contributed by atoms with Crippen molar-refractivity contribution in [1.82, 2.24) is 10.2 Å². The molecule has 4 heteroatoms. The average Bonchev–Trinajstić information content (AvgIpc) is 2.21. The summed E-state index contributed by atoms with van der Waals surface area (Å²) in [5.41, 5.74) is 1.40. The van der Waals surface area contributed by atoms with E-state index in [-0.39, 0.29) is 11.5 Å².